The number of amides is 1. The van der Waals surface area contributed by atoms with Crippen LogP contribution in [-0.2, 0) is 4.79 Å². The van der Waals surface area contributed by atoms with Crippen LogP contribution in [0, 0.1) is 5.95 Å². The first-order chi connectivity index (χ1) is 15.9. The molecule has 2 aliphatic rings. The van der Waals surface area contributed by atoms with Crippen molar-refractivity contribution in [3.8, 4) is 0 Å². The molecule has 12 heteroatoms. The van der Waals surface area contributed by atoms with E-state index >= 15 is 0 Å². The second kappa shape index (κ2) is 8.26. The molecule has 2 fully saturated rings. The average molecular weight is 452 g/mol. The van der Waals surface area contributed by atoms with Crippen molar-refractivity contribution in [1.82, 2.24) is 30.1 Å². The minimum atomic E-state index is -0.899. The van der Waals surface area contributed by atoms with Crippen molar-refractivity contribution >= 4 is 35.3 Å². The van der Waals surface area contributed by atoms with E-state index < -0.39 is 11.5 Å². The van der Waals surface area contributed by atoms with Gasteiger partial charge in [-0.15, -0.1) is 0 Å². The third kappa shape index (κ3) is 4.28. The Balaban J connectivity index is 1.39. The summed E-state index contributed by atoms with van der Waals surface area (Å²) in [6.45, 7) is 2.45. The van der Waals surface area contributed by atoms with Gasteiger partial charge in [0.15, 0.2) is 5.82 Å². The summed E-state index contributed by atoms with van der Waals surface area (Å²) in [7, 11) is 1.72. The topological polar surface area (TPSA) is 137 Å². The van der Waals surface area contributed by atoms with Crippen molar-refractivity contribution in [1.29, 1.82) is 0 Å². The molecule has 0 spiro atoms. The highest BCUT2D eigenvalue weighted by atomic mass is 19.1. The van der Waals surface area contributed by atoms with Gasteiger partial charge in [0.25, 0.3) is 0 Å². The molecule has 1 aliphatic heterocycles. The summed E-state index contributed by atoms with van der Waals surface area (Å²) in [6.07, 6.45) is 5.04. The Morgan fingerprint density at radius 2 is 2.06 bits per heavy atom. The number of H-pyrrole nitrogens is 1. The van der Waals surface area contributed by atoms with E-state index in [0.29, 0.717) is 48.2 Å². The predicted octanol–water partition coefficient (Wildman–Crippen LogP) is 2.79. The summed E-state index contributed by atoms with van der Waals surface area (Å²) in [5.41, 5.74) is 0.622. The fourth-order valence-electron chi connectivity index (χ4n) is 4.01. The van der Waals surface area contributed by atoms with Crippen LogP contribution in [0.4, 0.5) is 33.7 Å². The standard InChI is InChI=1S/C21H25FN10O/c1-21(17(33)25-13-6-7-15(22)24-11-13)8-3-9-32(21)20-28-18(23-2)27-19(29-20)26-16-10-14(30-31-16)12-4-5-12/h6-7,10-12H,3-5,8-9H2,1-2H3,(H,25,33)(H3,23,26,27,28,29,30,31). The maximum atomic E-state index is 13.2. The van der Waals surface area contributed by atoms with Crippen molar-refractivity contribution in [2.24, 2.45) is 0 Å². The van der Waals surface area contributed by atoms with Gasteiger partial charge in [-0.2, -0.15) is 24.4 Å². The number of nitrogens with zero attached hydrogens (tertiary/aromatic N) is 6. The first-order valence-electron chi connectivity index (χ1n) is 10.9. The van der Waals surface area contributed by atoms with Gasteiger partial charge in [-0.1, -0.05) is 0 Å². The molecular weight excluding hydrogens is 427 g/mol. The molecule has 4 heterocycles. The molecule has 3 aromatic rings. The van der Waals surface area contributed by atoms with Gasteiger partial charge >= 0.3 is 0 Å². The lowest BCUT2D eigenvalue weighted by Gasteiger charge is -2.34. The van der Waals surface area contributed by atoms with Crippen molar-refractivity contribution in [3.63, 3.8) is 0 Å². The van der Waals surface area contributed by atoms with E-state index in [-0.39, 0.29) is 5.91 Å². The molecule has 1 saturated carbocycles. The number of aromatic amines is 1. The monoisotopic (exact) mass is 452 g/mol. The van der Waals surface area contributed by atoms with Crippen LogP contribution < -0.4 is 20.9 Å². The smallest absolute Gasteiger partial charge is 0.250 e. The van der Waals surface area contributed by atoms with Crippen LogP contribution in [-0.4, -0.2) is 55.2 Å². The summed E-state index contributed by atoms with van der Waals surface area (Å²) >= 11 is 0. The Morgan fingerprint density at radius 1 is 1.24 bits per heavy atom. The number of pyridine rings is 1. The van der Waals surface area contributed by atoms with E-state index in [9.17, 15) is 9.18 Å². The number of carbonyl (C=O) groups excluding carboxylic acids is 1. The zero-order valence-corrected chi connectivity index (χ0v) is 18.4. The molecule has 1 aliphatic carbocycles. The Morgan fingerprint density at radius 3 is 2.79 bits per heavy atom. The van der Waals surface area contributed by atoms with Gasteiger partial charge in [-0.25, -0.2) is 4.98 Å². The number of hydrogen-bond donors (Lipinski definition) is 4. The number of carbonyl (C=O) groups is 1. The molecule has 0 bridgehead atoms. The van der Waals surface area contributed by atoms with Gasteiger partial charge in [-0.05, 0) is 44.7 Å². The average Bonchev–Trinajstić information content (AvgIpc) is 3.43. The van der Waals surface area contributed by atoms with Crippen molar-refractivity contribution in [3.05, 3.63) is 36.0 Å². The van der Waals surface area contributed by atoms with Crippen LogP contribution in [0.15, 0.2) is 24.4 Å². The normalized spacial score (nSPS) is 20.0. The summed E-state index contributed by atoms with van der Waals surface area (Å²) in [5.74, 6) is 1.41. The second-order valence-corrected chi connectivity index (χ2v) is 8.49. The fraction of sp³-hybridized carbons (Fsp3) is 0.429. The summed E-state index contributed by atoms with van der Waals surface area (Å²) < 4.78 is 13.1. The Hall–Kier alpha value is -3.83. The minimum Gasteiger partial charge on any atom is -0.357 e. The van der Waals surface area contributed by atoms with Gasteiger partial charge in [-0.3, -0.25) is 9.89 Å². The molecular formula is C21H25FN10O. The maximum absolute atomic E-state index is 13.2. The minimum absolute atomic E-state index is 0.240. The fourth-order valence-corrected chi connectivity index (χ4v) is 4.01. The van der Waals surface area contributed by atoms with Crippen LogP contribution in [0.5, 0.6) is 0 Å². The first-order valence-corrected chi connectivity index (χ1v) is 10.9. The Bertz CT molecular complexity index is 1160. The van der Waals surface area contributed by atoms with Gasteiger partial charge < -0.3 is 20.9 Å². The first kappa shape index (κ1) is 21.0. The second-order valence-electron chi connectivity index (χ2n) is 8.49. The van der Waals surface area contributed by atoms with Gasteiger partial charge in [0.05, 0.1) is 11.9 Å². The lowest BCUT2D eigenvalue weighted by molar-refractivity contribution is -0.120. The molecule has 1 unspecified atom stereocenters. The third-order valence-electron chi connectivity index (χ3n) is 6.06. The van der Waals surface area contributed by atoms with E-state index in [0.717, 1.165) is 12.1 Å². The molecule has 11 nitrogen and oxygen atoms in total. The number of anilines is 5. The Labute approximate surface area is 189 Å². The zero-order valence-electron chi connectivity index (χ0n) is 18.4. The molecule has 0 radical (unpaired) electrons. The molecule has 1 amide bonds. The summed E-state index contributed by atoms with van der Waals surface area (Å²) in [4.78, 5) is 32.1. The Kier molecular flexibility index (Phi) is 5.27. The number of rotatable bonds is 7. The lowest BCUT2D eigenvalue weighted by Crippen LogP contribution is -2.51. The van der Waals surface area contributed by atoms with Gasteiger partial charge in [0.1, 0.15) is 5.54 Å². The van der Waals surface area contributed by atoms with E-state index in [2.05, 4.69) is 46.1 Å². The lowest BCUT2D eigenvalue weighted by atomic mass is 9.97. The highest BCUT2D eigenvalue weighted by Gasteiger charge is 2.45. The number of nitrogens with one attached hydrogen (secondary N) is 4. The predicted molar refractivity (Wildman–Crippen MR) is 121 cm³/mol. The zero-order chi connectivity index (χ0) is 23.0. The van der Waals surface area contributed by atoms with Crippen molar-refractivity contribution in [2.75, 3.05) is 34.4 Å². The van der Waals surface area contributed by atoms with E-state index in [1.165, 1.54) is 31.2 Å². The number of aromatic nitrogens is 6. The molecule has 4 N–H and O–H groups in total. The highest BCUT2D eigenvalue weighted by Crippen LogP contribution is 2.40. The SMILES string of the molecule is CNc1nc(Nc2cc(C3CC3)[nH]n2)nc(N2CCCC2(C)C(=O)Nc2ccc(F)nc2)n1. The maximum Gasteiger partial charge on any atom is 0.250 e. The molecule has 1 saturated heterocycles. The molecule has 5 rings (SSSR count). The summed E-state index contributed by atoms with van der Waals surface area (Å²) in [6, 6.07) is 4.65. The van der Waals surface area contributed by atoms with Crippen LogP contribution >= 0.6 is 0 Å². The molecule has 1 atom stereocenters. The van der Waals surface area contributed by atoms with Gasteiger partial charge in [0.2, 0.25) is 29.7 Å². The molecule has 0 aromatic carbocycles. The van der Waals surface area contributed by atoms with Crippen LogP contribution in [0.25, 0.3) is 0 Å². The summed E-state index contributed by atoms with van der Waals surface area (Å²) in [5, 5.41) is 16.3. The quantitative estimate of drug-likeness (QED) is 0.399. The van der Waals surface area contributed by atoms with E-state index in [4.69, 9.17) is 0 Å². The highest BCUT2D eigenvalue weighted by molar-refractivity contribution is 6.00. The van der Waals surface area contributed by atoms with E-state index in [1.807, 2.05) is 17.9 Å². The van der Waals surface area contributed by atoms with Crippen LogP contribution in [0.1, 0.15) is 44.2 Å². The van der Waals surface area contributed by atoms with E-state index in [1.54, 1.807) is 7.05 Å². The number of halogens is 1. The van der Waals surface area contributed by atoms with Crippen molar-refractivity contribution in [2.45, 2.75) is 44.1 Å². The van der Waals surface area contributed by atoms with Crippen LogP contribution in [0.2, 0.25) is 0 Å². The molecule has 33 heavy (non-hydrogen) atoms. The molecule has 3 aromatic heterocycles. The van der Waals surface area contributed by atoms with Gasteiger partial charge in [0, 0.05) is 31.3 Å². The third-order valence-corrected chi connectivity index (χ3v) is 6.06. The largest absolute Gasteiger partial charge is 0.357 e. The number of hydrogen-bond acceptors (Lipinski definition) is 9. The molecule has 172 valence electrons. The van der Waals surface area contributed by atoms with Crippen molar-refractivity contribution < 1.29 is 9.18 Å². The van der Waals surface area contributed by atoms with Crippen LogP contribution in [0.3, 0.4) is 0 Å².